The van der Waals surface area contributed by atoms with Gasteiger partial charge < -0.3 is 4.74 Å². The van der Waals surface area contributed by atoms with Crippen LogP contribution in [0.5, 0.6) is 5.75 Å². The Bertz CT molecular complexity index is 397. The van der Waals surface area contributed by atoms with Crippen LogP contribution in [0.2, 0.25) is 0 Å². The Labute approximate surface area is 101 Å². The lowest BCUT2D eigenvalue weighted by Crippen LogP contribution is -1.92. The predicted molar refractivity (Wildman–Crippen MR) is 67.8 cm³/mol. The minimum absolute atomic E-state index is 0.664. The summed E-state index contributed by atoms with van der Waals surface area (Å²) in [7, 11) is 0. The van der Waals surface area contributed by atoms with Gasteiger partial charge in [-0.1, -0.05) is 12.1 Å². The molecule has 0 spiro atoms. The predicted octanol–water partition coefficient (Wildman–Crippen LogP) is 3.93. The summed E-state index contributed by atoms with van der Waals surface area (Å²) < 4.78 is 6.84. The molecule has 3 heteroatoms. The normalized spacial score (nSPS) is 10.1. The average Bonchev–Trinajstić information content (AvgIpc) is 2.67. The summed E-state index contributed by atoms with van der Waals surface area (Å²) in [6.07, 6.45) is 0. The monoisotopic (exact) mass is 316 g/mol. The van der Waals surface area contributed by atoms with Crippen LogP contribution in [0.4, 0.5) is 0 Å². The Kier molecular flexibility index (Phi) is 3.42. The third-order valence-corrected chi connectivity index (χ3v) is 3.28. The van der Waals surface area contributed by atoms with Gasteiger partial charge in [0.05, 0.1) is 0 Å². The maximum absolute atomic E-state index is 5.64. The van der Waals surface area contributed by atoms with E-state index in [2.05, 4.69) is 40.1 Å². The molecule has 0 atom stereocenters. The Morgan fingerprint density at radius 3 is 2.86 bits per heavy atom. The molecule has 1 heterocycles. The van der Waals surface area contributed by atoms with E-state index >= 15 is 0 Å². The molecule has 0 fully saturated rings. The first-order valence-corrected chi connectivity index (χ1v) is 6.21. The molecule has 1 aromatic carbocycles. The summed E-state index contributed by atoms with van der Waals surface area (Å²) in [5.41, 5.74) is 0. The Morgan fingerprint density at radius 2 is 2.14 bits per heavy atom. The van der Waals surface area contributed by atoms with E-state index in [-0.39, 0.29) is 0 Å². The molecule has 72 valence electrons. The van der Waals surface area contributed by atoms with Crippen molar-refractivity contribution in [2.75, 3.05) is 0 Å². The van der Waals surface area contributed by atoms with Gasteiger partial charge in [0.15, 0.2) is 0 Å². The Morgan fingerprint density at radius 1 is 1.21 bits per heavy atom. The van der Waals surface area contributed by atoms with Crippen LogP contribution in [0.3, 0.4) is 0 Å². The van der Waals surface area contributed by atoms with Crippen LogP contribution in [0.15, 0.2) is 41.8 Å². The highest BCUT2D eigenvalue weighted by Gasteiger charge is 1.96. The molecular weight excluding hydrogens is 307 g/mol. The van der Waals surface area contributed by atoms with Crippen LogP contribution in [-0.2, 0) is 6.61 Å². The fourth-order valence-electron chi connectivity index (χ4n) is 1.11. The molecule has 0 bridgehead atoms. The third-order valence-electron chi connectivity index (χ3n) is 1.76. The molecule has 2 aromatic rings. The van der Waals surface area contributed by atoms with E-state index in [9.17, 15) is 0 Å². The number of ether oxygens (including phenoxy) is 1. The van der Waals surface area contributed by atoms with E-state index < -0.39 is 0 Å². The lowest BCUT2D eigenvalue weighted by Gasteiger charge is -2.04. The van der Waals surface area contributed by atoms with Crippen molar-refractivity contribution in [3.05, 3.63) is 50.2 Å². The molecule has 1 aromatic heterocycles. The van der Waals surface area contributed by atoms with Crippen molar-refractivity contribution in [1.82, 2.24) is 0 Å². The maximum atomic E-state index is 5.64. The molecule has 2 rings (SSSR count). The minimum atomic E-state index is 0.664. The van der Waals surface area contributed by atoms with Crippen LogP contribution >= 0.6 is 33.9 Å². The summed E-state index contributed by atoms with van der Waals surface area (Å²) in [5.74, 6) is 0.935. The second kappa shape index (κ2) is 4.79. The first kappa shape index (κ1) is 9.98. The highest BCUT2D eigenvalue weighted by Crippen LogP contribution is 2.17. The van der Waals surface area contributed by atoms with Crippen LogP contribution in [0.25, 0.3) is 0 Å². The van der Waals surface area contributed by atoms with Gasteiger partial charge in [0.25, 0.3) is 0 Å². The number of benzene rings is 1. The zero-order valence-electron chi connectivity index (χ0n) is 7.44. The van der Waals surface area contributed by atoms with Crippen LogP contribution < -0.4 is 4.74 Å². The van der Waals surface area contributed by atoms with E-state index in [0.717, 1.165) is 5.75 Å². The summed E-state index contributed by atoms with van der Waals surface area (Å²) >= 11 is 4.00. The van der Waals surface area contributed by atoms with Gasteiger partial charge in [-0.3, -0.25) is 0 Å². The lowest BCUT2D eigenvalue weighted by atomic mass is 10.3. The summed E-state index contributed by atoms with van der Waals surface area (Å²) in [6.45, 7) is 0.664. The highest BCUT2D eigenvalue weighted by atomic mass is 127. The molecule has 0 aliphatic carbocycles. The number of thiophene rings is 1. The number of hydrogen-bond acceptors (Lipinski definition) is 2. The summed E-state index contributed by atoms with van der Waals surface area (Å²) in [6, 6.07) is 12.2. The SMILES string of the molecule is Ic1cccc(OCc2cccs2)c1. The van der Waals surface area contributed by atoms with E-state index in [0.29, 0.717) is 6.61 Å². The number of hydrogen-bond donors (Lipinski definition) is 0. The van der Waals surface area contributed by atoms with Crippen molar-refractivity contribution < 1.29 is 4.74 Å². The molecule has 0 saturated carbocycles. The van der Waals surface area contributed by atoms with E-state index in [1.165, 1.54) is 8.45 Å². The van der Waals surface area contributed by atoms with Gasteiger partial charge in [-0.2, -0.15) is 0 Å². The second-order valence-corrected chi connectivity index (χ2v) is 5.10. The van der Waals surface area contributed by atoms with Gasteiger partial charge in [-0.05, 0) is 52.2 Å². The van der Waals surface area contributed by atoms with Gasteiger partial charge >= 0.3 is 0 Å². The molecular formula is C11H9IOS. The quantitative estimate of drug-likeness (QED) is 0.780. The smallest absolute Gasteiger partial charge is 0.122 e. The van der Waals surface area contributed by atoms with E-state index in [4.69, 9.17) is 4.74 Å². The molecule has 0 N–H and O–H groups in total. The molecule has 0 radical (unpaired) electrons. The van der Waals surface area contributed by atoms with Crippen LogP contribution in [-0.4, -0.2) is 0 Å². The fourth-order valence-corrected chi connectivity index (χ4v) is 2.24. The van der Waals surface area contributed by atoms with Gasteiger partial charge in [0.1, 0.15) is 12.4 Å². The topological polar surface area (TPSA) is 9.23 Å². The van der Waals surface area contributed by atoms with Crippen molar-refractivity contribution in [3.8, 4) is 5.75 Å². The maximum Gasteiger partial charge on any atom is 0.122 e. The Hall–Kier alpha value is -0.550. The molecule has 0 saturated heterocycles. The first-order valence-electron chi connectivity index (χ1n) is 4.25. The molecule has 0 amide bonds. The standard InChI is InChI=1S/C11H9IOS/c12-9-3-1-4-10(7-9)13-8-11-5-2-6-14-11/h1-7H,8H2. The molecule has 0 aliphatic rings. The number of rotatable bonds is 3. The van der Waals surface area contributed by atoms with Gasteiger partial charge in [0.2, 0.25) is 0 Å². The van der Waals surface area contributed by atoms with Crippen LogP contribution in [0.1, 0.15) is 4.88 Å². The lowest BCUT2D eigenvalue weighted by molar-refractivity contribution is 0.309. The fraction of sp³-hybridized carbons (Fsp3) is 0.0909. The molecule has 0 aliphatic heterocycles. The van der Waals surface area contributed by atoms with E-state index in [1.54, 1.807) is 11.3 Å². The zero-order chi connectivity index (χ0) is 9.80. The van der Waals surface area contributed by atoms with Crippen molar-refractivity contribution in [2.24, 2.45) is 0 Å². The second-order valence-electron chi connectivity index (χ2n) is 2.83. The largest absolute Gasteiger partial charge is 0.488 e. The van der Waals surface area contributed by atoms with Crippen molar-refractivity contribution in [2.45, 2.75) is 6.61 Å². The highest BCUT2D eigenvalue weighted by molar-refractivity contribution is 14.1. The summed E-state index contributed by atoms with van der Waals surface area (Å²) in [5, 5.41) is 2.06. The molecule has 1 nitrogen and oxygen atoms in total. The van der Waals surface area contributed by atoms with Crippen molar-refractivity contribution >= 4 is 33.9 Å². The average molecular weight is 316 g/mol. The number of halogens is 1. The minimum Gasteiger partial charge on any atom is -0.488 e. The first-order chi connectivity index (χ1) is 6.84. The Balaban J connectivity index is 1.98. The van der Waals surface area contributed by atoms with Crippen LogP contribution in [0, 0.1) is 3.57 Å². The molecule has 0 unspecified atom stereocenters. The van der Waals surface area contributed by atoms with Gasteiger partial charge in [-0.15, -0.1) is 11.3 Å². The van der Waals surface area contributed by atoms with E-state index in [1.807, 2.05) is 24.3 Å². The van der Waals surface area contributed by atoms with Crippen molar-refractivity contribution in [1.29, 1.82) is 0 Å². The van der Waals surface area contributed by atoms with Gasteiger partial charge in [0, 0.05) is 8.45 Å². The zero-order valence-corrected chi connectivity index (χ0v) is 10.4. The summed E-state index contributed by atoms with van der Waals surface area (Å²) in [4.78, 5) is 1.25. The van der Waals surface area contributed by atoms with Gasteiger partial charge in [-0.25, -0.2) is 0 Å². The molecule has 14 heavy (non-hydrogen) atoms. The third kappa shape index (κ3) is 2.72. The van der Waals surface area contributed by atoms with Crippen molar-refractivity contribution in [3.63, 3.8) is 0 Å².